The highest BCUT2D eigenvalue weighted by atomic mass is 13.9. The second-order valence-corrected chi connectivity index (χ2v) is 3.72. The molecule has 0 aliphatic heterocycles. The number of unbranched alkanes of at least 4 members (excludes halogenated alkanes) is 4. The topological polar surface area (TPSA) is 0 Å². The first-order valence-electron chi connectivity index (χ1n) is 6.82. The van der Waals surface area contributed by atoms with E-state index in [1.165, 1.54) is 37.7 Å². The largest absolute Gasteiger partial charge is 0.0683 e. The van der Waals surface area contributed by atoms with E-state index in [-0.39, 0.29) is 0 Å². The molecule has 0 heteroatoms. The Labute approximate surface area is 103 Å². The van der Waals surface area contributed by atoms with Crippen LogP contribution in [0.15, 0.2) is 30.3 Å². The Morgan fingerprint density at radius 3 is 1.44 bits per heavy atom. The molecule has 0 atom stereocenters. The first kappa shape index (κ1) is 17.6. The molecule has 0 bridgehead atoms. The van der Waals surface area contributed by atoms with Gasteiger partial charge in [-0.3, -0.25) is 0 Å². The number of hydrogen-bond acceptors (Lipinski definition) is 0. The SMILES string of the molecule is CC.CCCCCCC.Cc1ccccc1. The van der Waals surface area contributed by atoms with Crippen molar-refractivity contribution < 1.29 is 0 Å². The Kier molecular flexibility index (Phi) is 18.3. The van der Waals surface area contributed by atoms with Gasteiger partial charge in [-0.1, -0.05) is 95.7 Å². The van der Waals surface area contributed by atoms with Crippen molar-refractivity contribution in [2.45, 2.75) is 66.7 Å². The summed E-state index contributed by atoms with van der Waals surface area (Å²) in [5.74, 6) is 0. The van der Waals surface area contributed by atoms with Crippen LogP contribution in [0.1, 0.15) is 65.4 Å². The third-order valence-corrected chi connectivity index (χ3v) is 2.15. The molecule has 1 aromatic carbocycles. The zero-order chi connectivity index (χ0) is 12.6. The average molecular weight is 222 g/mol. The maximum absolute atomic E-state index is 2.25. The fourth-order valence-electron chi connectivity index (χ4n) is 1.21. The Hall–Kier alpha value is -0.780. The highest BCUT2D eigenvalue weighted by Crippen LogP contribution is 2.00. The maximum Gasteiger partial charge on any atom is -0.0398 e. The minimum Gasteiger partial charge on any atom is -0.0683 e. The van der Waals surface area contributed by atoms with Crippen LogP contribution in [0.3, 0.4) is 0 Å². The highest BCUT2D eigenvalue weighted by Gasteiger charge is 1.80. The van der Waals surface area contributed by atoms with E-state index in [2.05, 4.69) is 32.9 Å². The summed E-state index contributed by atoms with van der Waals surface area (Å²) in [6.45, 7) is 10.6. The number of rotatable bonds is 4. The van der Waals surface area contributed by atoms with Crippen molar-refractivity contribution in [2.75, 3.05) is 0 Å². The minimum atomic E-state index is 1.32. The molecule has 0 fully saturated rings. The van der Waals surface area contributed by atoms with Gasteiger partial charge in [0.05, 0.1) is 0 Å². The summed E-state index contributed by atoms with van der Waals surface area (Å²) in [5.41, 5.74) is 1.32. The quantitative estimate of drug-likeness (QED) is 0.548. The maximum atomic E-state index is 2.25. The van der Waals surface area contributed by atoms with E-state index >= 15 is 0 Å². The van der Waals surface area contributed by atoms with E-state index in [0.29, 0.717) is 0 Å². The Balaban J connectivity index is 0. The van der Waals surface area contributed by atoms with Gasteiger partial charge in [-0.05, 0) is 6.92 Å². The number of benzene rings is 1. The van der Waals surface area contributed by atoms with Crippen LogP contribution in [-0.2, 0) is 0 Å². The molecule has 0 N–H and O–H groups in total. The second kappa shape index (κ2) is 16.6. The van der Waals surface area contributed by atoms with Gasteiger partial charge in [-0.15, -0.1) is 0 Å². The molecule has 0 spiro atoms. The summed E-state index contributed by atoms with van der Waals surface area (Å²) < 4.78 is 0. The molecule has 0 aliphatic rings. The van der Waals surface area contributed by atoms with Crippen molar-refractivity contribution in [3.05, 3.63) is 35.9 Å². The lowest BCUT2D eigenvalue weighted by atomic mass is 10.2. The predicted octanol–water partition coefficient (Wildman–Crippen LogP) is 6.00. The second-order valence-electron chi connectivity index (χ2n) is 3.72. The van der Waals surface area contributed by atoms with E-state index < -0.39 is 0 Å². The van der Waals surface area contributed by atoms with Crippen LogP contribution in [-0.4, -0.2) is 0 Å². The molecule has 16 heavy (non-hydrogen) atoms. The molecule has 0 unspecified atom stereocenters. The van der Waals surface area contributed by atoms with E-state index in [1.807, 2.05) is 32.0 Å². The molecule has 0 aromatic heterocycles. The van der Waals surface area contributed by atoms with E-state index in [1.54, 1.807) is 0 Å². The Morgan fingerprint density at radius 2 is 1.19 bits per heavy atom. The molecule has 0 aliphatic carbocycles. The summed E-state index contributed by atoms with van der Waals surface area (Å²) in [4.78, 5) is 0. The molecule has 94 valence electrons. The van der Waals surface area contributed by atoms with Crippen LogP contribution in [0.25, 0.3) is 0 Å². The van der Waals surface area contributed by atoms with Crippen molar-refractivity contribution in [3.8, 4) is 0 Å². The summed E-state index contributed by atoms with van der Waals surface area (Å²) >= 11 is 0. The summed E-state index contributed by atoms with van der Waals surface area (Å²) in [7, 11) is 0. The van der Waals surface area contributed by atoms with Crippen LogP contribution in [0.5, 0.6) is 0 Å². The fraction of sp³-hybridized carbons (Fsp3) is 0.625. The van der Waals surface area contributed by atoms with Crippen molar-refractivity contribution in [1.82, 2.24) is 0 Å². The van der Waals surface area contributed by atoms with Crippen LogP contribution < -0.4 is 0 Å². The fourth-order valence-corrected chi connectivity index (χ4v) is 1.21. The van der Waals surface area contributed by atoms with Gasteiger partial charge in [0.2, 0.25) is 0 Å². The highest BCUT2D eigenvalue weighted by molar-refractivity contribution is 5.11. The third kappa shape index (κ3) is 15.7. The summed E-state index contributed by atoms with van der Waals surface area (Å²) in [6, 6.07) is 10.3. The molecule has 1 rings (SSSR count). The zero-order valence-corrected chi connectivity index (χ0v) is 11.9. The van der Waals surface area contributed by atoms with Crippen molar-refractivity contribution in [2.24, 2.45) is 0 Å². The molecule has 1 aromatic rings. The van der Waals surface area contributed by atoms with Crippen LogP contribution in [0, 0.1) is 6.92 Å². The molecule has 0 amide bonds. The van der Waals surface area contributed by atoms with Gasteiger partial charge in [0.1, 0.15) is 0 Å². The van der Waals surface area contributed by atoms with Gasteiger partial charge in [0.15, 0.2) is 0 Å². The van der Waals surface area contributed by atoms with Gasteiger partial charge in [0.25, 0.3) is 0 Å². The summed E-state index contributed by atoms with van der Waals surface area (Å²) in [6.07, 6.45) is 7.01. The molecular formula is C16H30. The van der Waals surface area contributed by atoms with Crippen molar-refractivity contribution in [3.63, 3.8) is 0 Å². The molecular weight excluding hydrogens is 192 g/mol. The lowest BCUT2D eigenvalue weighted by molar-refractivity contribution is 0.656. The molecule has 0 nitrogen and oxygen atoms in total. The zero-order valence-electron chi connectivity index (χ0n) is 11.9. The van der Waals surface area contributed by atoms with E-state index in [9.17, 15) is 0 Å². The average Bonchev–Trinajstić information content (AvgIpc) is 2.34. The van der Waals surface area contributed by atoms with Gasteiger partial charge in [-0.25, -0.2) is 0 Å². The number of aryl methyl sites for hydroxylation is 1. The van der Waals surface area contributed by atoms with Gasteiger partial charge < -0.3 is 0 Å². The normalized spacial score (nSPS) is 8.31. The van der Waals surface area contributed by atoms with Crippen LogP contribution in [0.2, 0.25) is 0 Å². The van der Waals surface area contributed by atoms with Crippen LogP contribution in [0.4, 0.5) is 0 Å². The minimum absolute atomic E-state index is 1.32. The van der Waals surface area contributed by atoms with Gasteiger partial charge in [-0.2, -0.15) is 0 Å². The van der Waals surface area contributed by atoms with Gasteiger partial charge in [0, 0.05) is 0 Å². The van der Waals surface area contributed by atoms with E-state index in [4.69, 9.17) is 0 Å². The first-order chi connectivity index (χ1) is 7.81. The standard InChI is InChI=1S/C7H8.C7H16.C2H6/c1-7-5-3-2-4-6-7;1-3-5-7-6-4-2;1-2/h2-6H,1H3;3-7H2,1-2H3;1-2H3. The first-order valence-corrected chi connectivity index (χ1v) is 6.82. The Morgan fingerprint density at radius 1 is 0.750 bits per heavy atom. The van der Waals surface area contributed by atoms with Crippen LogP contribution >= 0.6 is 0 Å². The van der Waals surface area contributed by atoms with Crippen molar-refractivity contribution >= 4 is 0 Å². The smallest absolute Gasteiger partial charge is 0.0398 e. The monoisotopic (exact) mass is 222 g/mol. The summed E-state index contributed by atoms with van der Waals surface area (Å²) in [5, 5.41) is 0. The van der Waals surface area contributed by atoms with Gasteiger partial charge >= 0.3 is 0 Å². The lowest BCUT2D eigenvalue weighted by Gasteiger charge is -1.90. The predicted molar refractivity (Wildman–Crippen MR) is 77.0 cm³/mol. The molecule has 0 radical (unpaired) electrons. The molecule has 0 saturated carbocycles. The van der Waals surface area contributed by atoms with E-state index in [0.717, 1.165) is 0 Å². The molecule has 0 saturated heterocycles. The third-order valence-electron chi connectivity index (χ3n) is 2.15. The number of hydrogen-bond donors (Lipinski definition) is 0. The Bertz CT molecular complexity index is 184. The molecule has 0 heterocycles. The lowest BCUT2D eigenvalue weighted by Crippen LogP contribution is -1.70. The van der Waals surface area contributed by atoms with Crippen molar-refractivity contribution in [1.29, 1.82) is 0 Å².